The Labute approximate surface area is 97.9 Å². The Hall–Kier alpha value is -0.340. The summed E-state index contributed by atoms with van der Waals surface area (Å²) in [6.45, 7) is 6.80. The molecular formula is C13H23NS. The van der Waals surface area contributed by atoms with Gasteiger partial charge < -0.3 is 5.32 Å². The number of hydrogen-bond acceptors (Lipinski definition) is 2. The fraction of sp³-hybridized carbons (Fsp3) is 0.692. The van der Waals surface area contributed by atoms with Gasteiger partial charge in [0.25, 0.3) is 0 Å². The number of aryl methyl sites for hydroxylation is 1. The summed E-state index contributed by atoms with van der Waals surface area (Å²) in [5.41, 5.74) is 0. The van der Waals surface area contributed by atoms with Crippen molar-refractivity contribution in [2.24, 2.45) is 5.92 Å². The molecule has 0 aliphatic rings. The average Bonchev–Trinajstić information content (AvgIpc) is 2.61. The molecule has 1 heterocycles. The summed E-state index contributed by atoms with van der Waals surface area (Å²) < 4.78 is 0. The molecule has 2 atom stereocenters. The third-order valence-corrected chi connectivity index (χ3v) is 3.99. The van der Waals surface area contributed by atoms with Gasteiger partial charge in [0.2, 0.25) is 0 Å². The van der Waals surface area contributed by atoms with Gasteiger partial charge in [0, 0.05) is 15.8 Å². The van der Waals surface area contributed by atoms with Gasteiger partial charge in [0.05, 0.1) is 0 Å². The summed E-state index contributed by atoms with van der Waals surface area (Å²) >= 11 is 1.92. The van der Waals surface area contributed by atoms with Crippen molar-refractivity contribution in [3.05, 3.63) is 21.9 Å². The molecule has 1 N–H and O–H groups in total. The lowest BCUT2D eigenvalue weighted by molar-refractivity contribution is 0.410. The summed E-state index contributed by atoms with van der Waals surface area (Å²) in [5.74, 6) is 0.815. The summed E-state index contributed by atoms with van der Waals surface area (Å²) in [4.78, 5) is 2.89. The maximum Gasteiger partial charge on any atom is 0.0415 e. The lowest BCUT2D eigenvalue weighted by Crippen LogP contribution is -2.17. The first kappa shape index (κ1) is 12.7. The molecule has 0 bridgehead atoms. The molecule has 0 aliphatic heterocycles. The molecule has 1 rings (SSSR count). The van der Waals surface area contributed by atoms with Crippen molar-refractivity contribution >= 4 is 11.3 Å². The van der Waals surface area contributed by atoms with Crippen molar-refractivity contribution in [2.45, 2.75) is 46.1 Å². The molecule has 2 heteroatoms. The highest BCUT2D eigenvalue weighted by atomic mass is 32.1. The Bertz CT molecular complexity index is 280. The predicted octanol–water partition coefficient (Wildman–Crippen LogP) is 4.14. The Morgan fingerprint density at radius 3 is 2.60 bits per heavy atom. The molecule has 0 spiro atoms. The van der Waals surface area contributed by atoms with E-state index >= 15 is 0 Å². The van der Waals surface area contributed by atoms with Crippen LogP contribution >= 0.6 is 11.3 Å². The van der Waals surface area contributed by atoms with Gasteiger partial charge in [0.1, 0.15) is 0 Å². The standard InChI is InChI=1S/C13H23NS/c1-5-6-10(2)9-12(14-4)13-8-7-11(3)15-13/h7-8,10,12,14H,5-6,9H2,1-4H3. The smallest absolute Gasteiger partial charge is 0.0415 e. The van der Waals surface area contributed by atoms with Crippen molar-refractivity contribution in [1.29, 1.82) is 0 Å². The average molecular weight is 225 g/mol. The normalized spacial score (nSPS) is 15.2. The van der Waals surface area contributed by atoms with Gasteiger partial charge in [-0.25, -0.2) is 0 Å². The third kappa shape index (κ3) is 3.96. The first-order chi connectivity index (χ1) is 7.17. The second-order valence-electron chi connectivity index (χ2n) is 4.42. The van der Waals surface area contributed by atoms with E-state index in [-0.39, 0.29) is 0 Å². The molecule has 0 aromatic carbocycles. The maximum absolute atomic E-state index is 3.43. The minimum atomic E-state index is 0.547. The SMILES string of the molecule is CCCC(C)CC(NC)c1ccc(C)s1. The fourth-order valence-corrected chi connectivity index (χ4v) is 3.03. The molecule has 0 aliphatic carbocycles. The van der Waals surface area contributed by atoms with Gasteiger partial charge in [-0.15, -0.1) is 11.3 Å². The van der Waals surface area contributed by atoms with E-state index in [0.717, 1.165) is 5.92 Å². The summed E-state index contributed by atoms with van der Waals surface area (Å²) in [6, 6.07) is 5.03. The van der Waals surface area contributed by atoms with Crippen molar-refractivity contribution in [3.63, 3.8) is 0 Å². The minimum Gasteiger partial charge on any atom is -0.312 e. The van der Waals surface area contributed by atoms with Gasteiger partial charge in [-0.1, -0.05) is 26.7 Å². The predicted molar refractivity (Wildman–Crippen MR) is 69.5 cm³/mol. The van der Waals surface area contributed by atoms with Gasteiger partial charge in [-0.2, -0.15) is 0 Å². The number of rotatable bonds is 6. The van der Waals surface area contributed by atoms with Crippen molar-refractivity contribution in [2.75, 3.05) is 7.05 Å². The van der Waals surface area contributed by atoms with E-state index in [4.69, 9.17) is 0 Å². The first-order valence-electron chi connectivity index (χ1n) is 5.91. The van der Waals surface area contributed by atoms with Gasteiger partial charge in [-0.3, -0.25) is 0 Å². The lowest BCUT2D eigenvalue weighted by Gasteiger charge is -2.19. The summed E-state index contributed by atoms with van der Waals surface area (Å²) in [5, 5.41) is 3.43. The van der Waals surface area contributed by atoms with Crippen LogP contribution in [-0.2, 0) is 0 Å². The van der Waals surface area contributed by atoms with Crippen molar-refractivity contribution in [3.8, 4) is 0 Å². The van der Waals surface area contributed by atoms with Crippen LogP contribution in [0.3, 0.4) is 0 Å². The van der Waals surface area contributed by atoms with E-state index in [1.807, 2.05) is 11.3 Å². The highest BCUT2D eigenvalue weighted by Gasteiger charge is 2.14. The molecule has 0 radical (unpaired) electrons. The number of thiophene rings is 1. The minimum absolute atomic E-state index is 0.547. The molecule has 0 fully saturated rings. The van der Waals surface area contributed by atoms with E-state index in [9.17, 15) is 0 Å². The Kier molecular flexibility index (Phi) is 5.34. The molecule has 1 aromatic heterocycles. The van der Waals surface area contributed by atoms with Gasteiger partial charge in [0.15, 0.2) is 0 Å². The van der Waals surface area contributed by atoms with E-state index < -0.39 is 0 Å². The zero-order valence-electron chi connectivity index (χ0n) is 10.3. The van der Waals surface area contributed by atoms with Crippen LogP contribution in [0.25, 0.3) is 0 Å². The molecule has 0 saturated heterocycles. The molecular weight excluding hydrogens is 202 g/mol. The largest absolute Gasteiger partial charge is 0.312 e. The van der Waals surface area contributed by atoms with Crippen LogP contribution in [0.4, 0.5) is 0 Å². The molecule has 0 saturated carbocycles. The van der Waals surface area contributed by atoms with Crippen LogP contribution in [0, 0.1) is 12.8 Å². The van der Waals surface area contributed by atoms with Crippen molar-refractivity contribution in [1.82, 2.24) is 5.32 Å². The van der Waals surface area contributed by atoms with Gasteiger partial charge in [-0.05, 0) is 38.4 Å². The molecule has 2 unspecified atom stereocenters. The summed E-state index contributed by atoms with van der Waals surface area (Å²) in [7, 11) is 2.07. The van der Waals surface area contributed by atoms with E-state index in [1.54, 1.807) is 0 Å². The lowest BCUT2D eigenvalue weighted by atomic mass is 9.96. The number of nitrogens with one attached hydrogen (secondary N) is 1. The third-order valence-electron chi connectivity index (χ3n) is 2.87. The quantitative estimate of drug-likeness (QED) is 0.767. The van der Waals surface area contributed by atoms with Crippen LogP contribution in [0.15, 0.2) is 12.1 Å². The Balaban J connectivity index is 2.56. The van der Waals surface area contributed by atoms with Crippen LogP contribution in [0.5, 0.6) is 0 Å². The highest BCUT2D eigenvalue weighted by Crippen LogP contribution is 2.28. The molecule has 15 heavy (non-hydrogen) atoms. The second kappa shape index (κ2) is 6.29. The fourth-order valence-electron chi connectivity index (χ4n) is 2.03. The van der Waals surface area contributed by atoms with Crippen LogP contribution < -0.4 is 5.32 Å². The topological polar surface area (TPSA) is 12.0 Å². The maximum atomic E-state index is 3.43. The van der Waals surface area contributed by atoms with Gasteiger partial charge >= 0.3 is 0 Å². The second-order valence-corrected chi connectivity index (χ2v) is 5.74. The summed E-state index contributed by atoms with van der Waals surface area (Å²) in [6.07, 6.45) is 3.88. The van der Waals surface area contributed by atoms with E-state index in [0.29, 0.717) is 6.04 Å². The van der Waals surface area contributed by atoms with E-state index in [1.165, 1.54) is 29.0 Å². The molecule has 0 amide bonds. The van der Waals surface area contributed by atoms with E-state index in [2.05, 4.69) is 45.3 Å². The highest BCUT2D eigenvalue weighted by molar-refractivity contribution is 7.12. The monoisotopic (exact) mass is 225 g/mol. The molecule has 1 nitrogen and oxygen atoms in total. The molecule has 86 valence electrons. The molecule has 1 aromatic rings. The Morgan fingerprint density at radius 2 is 2.13 bits per heavy atom. The number of hydrogen-bond donors (Lipinski definition) is 1. The van der Waals surface area contributed by atoms with Crippen molar-refractivity contribution < 1.29 is 0 Å². The first-order valence-corrected chi connectivity index (χ1v) is 6.72. The zero-order valence-corrected chi connectivity index (χ0v) is 11.2. The van der Waals surface area contributed by atoms with Crippen LogP contribution in [0.2, 0.25) is 0 Å². The Morgan fingerprint density at radius 1 is 1.40 bits per heavy atom. The van der Waals surface area contributed by atoms with Crippen LogP contribution in [0.1, 0.15) is 48.9 Å². The zero-order chi connectivity index (χ0) is 11.3. The van der Waals surface area contributed by atoms with Crippen LogP contribution in [-0.4, -0.2) is 7.05 Å².